The lowest BCUT2D eigenvalue weighted by Gasteiger charge is -2.26. The molecule has 1 fully saturated rings. The number of halogens is 1. The first-order chi connectivity index (χ1) is 10.7. The topological polar surface area (TPSA) is 66.8 Å². The average Bonchev–Trinajstić information content (AvgIpc) is 2.84. The third-order valence-corrected chi connectivity index (χ3v) is 4.46. The molecule has 1 aliphatic heterocycles. The van der Waals surface area contributed by atoms with Gasteiger partial charge in [-0.15, -0.1) is 0 Å². The van der Waals surface area contributed by atoms with Crippen LogP contribution in [0.1, 0.15) is 32.8 Å². The second-order valence-electron chi connectivity index (χ2n) is 6.92. The standard InChI is InChI=1S/C17H22INO4/c1-17(2,3)23-16(22)19-10-12(9-14(19)15(20)21)8-11-4-6-13(18)7-5-11/h4-7,12,14H,8-10H2,1-3H3,(H,20,21)/t12-,14-/m1/s1. The highest BCUT2D eigenvalue weighted by molar-refractivity contribution is 14.1. The fourth-order valence-electron chi connectivity index (χ4n) is 2.78. The van der Waals surface area contributed by atoms with Crippen molar-refractivity contribution in [2.45, 2.75) is 45.3 Å². The predicted octanol–water partition coefficient (Wildman–Crippen LogP) is 3.54. The van der Waals surface area contributed by atoms with Crippen LogP contribution in [0.25, 0.3) is 0 Å². The number of carbonyl (C=O) groups is 2. The number of carbonyl (C=O) groups excluding carboxylic acids is 1. The molecule has 1 amide bonds. The molecule has 0 unspecified atom stereocenters. The van der Waals surface area contributed by atoms with Crippen molar-refractivity contribution in [3.05, 3.63) is 33.4 Å². The maximum Gasteiger partial charge on any atom is 0.411 e. The monoisotopic (exact) mass is 431 g/mol. The Balaban J connectivity index is 2.06. The molecule has 1 aromatic rings. The summed E-state index contributed by atoms with van der Waals surface area (Å²) in [5, 5.41) is 9.40. The van der Waals surface area contributed by atoms with Crippen LogP contribution in [-0.2, 0) is 16.0 Å². The Bertz CT molecular complexity index is 579. The number of benzene rings is 1. The van der Waals surface area contributed by atoms with Crippen molar-refractivity contribution in [1.29, 1.82) is 0 Å². The molecule has 1 N–H and O–H groups in total. The Morgan fingerprint density at radius 1 is 1.30 bits per heavy atom. The Hall–Kier alpha value is -1.31. The number of hydrogen-bond donors (Lipinski definition) is 1. The second kappa shape index (κ2) is 7.07. The van der Waals surface area contributed by atoms with Gasteiger partial charge in [-0.25, -0.2) is 9.59 Å². The van der Waals surface area contributed by atoms with Crippen molar-refractivity contribution < 1.29 is 19.4 Å². The number of rotatable bonds is 3. The van der Waals surface area contributed by atoms with Crippen molar-refractivity contribution in [3.63, 3.8) is 0 Å². The maximum absolute atomic E-state index is 12.3. The molecule has 126 valence electrons. The van der Waals surface area contributed by atoms with Gasteiger partial charge >= 0.3 is 12.1 Å². The van der Waals surface area contributed by atoms with E-state index < -0.39 is 23.7 Å². The lowest BCUT2D eigenvalue weighted by Crippen LogP contribution is -2.43. The lowest BCUT2D eigenvalue weighted by atomic mass is 9.97. The predicted molar refractivity (Wildman–Crippen MR) is 95.3 cm³/mol. The van der Waals surface area contributed by atoms with Crippen LogP contribution in [0.3, 0.4) is 0 Å². The Kier molecular flexibility index (Phi) is 5.54. The summed E-state index contributed by atoms with van der Waals surface area (Å²) < 4.78 is 6.50. The number of ether oxygens (including phenoxy) is 1. The van der Waals surface area contributed by atoms with Gasteiger partial charge in [0, 0.05) is 10.1 Å². The highest BCUT2D eigenvalue weighted by atomic mass is 127. The summed E-state index contributed by atoms with van der Waals surface area (Å²) in [7, 11) is 0. The van der Waals surface area contributed by atoms with Gasteiger partial charge in [0.25, 0.3) is 0 Å². The van der Waals surface area contributed by atoms with Crippen molar-refractivity contribution in [2.75, 3.05) is 6.54 Å². The maximum atomic E-state index is 12.3. The van der Waals surface area contributed by atoms with E-state index in [-0.39, 0.29) is 5.92 Å². The molecule has 0 radical (unpaired) electrons. The summed E-state index contributed by atoms with van der Waals surface area (Å²) in [6.45, 7) is 5.75. The van der Waals surface area contributed by atoms with Crippen LogP contribution in [0.15, 0.2) is 24.3 Å². The molecule has 0 aromatic heterocycles. The molecule has 0 bridgehead atoms. The number of likely N-dealkylation sites (tertiary alicyclic amines) is 1. The van der Waals surface area contributed by atoms with Crippen molar-refractivity contribution in [3.8, 4) is 0 Å². The molecular weight excluding hydrogens is 409 g/mol. The van der Waals surface area contributed by atoms with E-state index in [1.54, 1.807) is 20.8 Å². The first kappa shape index (κ1) is 18.0. The Morgan fingerprint density at radius 2 is 1.91 bits per heavy atom. The molecule has 0 spiro atoms. The number of aliphatic carboxylic acids is 1. The minimum atomic E-state index is -0.971. The quantitative estimate of drug-likeness (QED) is 0.744. The molecular formula is C17H22INO4. The Morgan fingerprint density at radius 3 is 2.43 bits per heavy atom. The fraction of sp³-hybridized carbons (Fsp3) is 0.529. The van der Waals surface area contributed by atoms with Gasteiger partial charge in [0.2, 0.25) is 0 Å². The van der Waals surface area contributed by atoms with Gasteiger partial charge < -0.3 is 9.84 Å². The van der Waals surface area contributed by atoms with Crippen molar-refractivity contribution >= 4 is 34.7 Å². The zero-order chi connectivity index (χ0) is 17.2. The highest BCUT2D eigenvalue weighted by Gasteiger charge is 2.41. The first-order valence-corrected chi connectivity index (χ1v) is 8.70. The van der Waals surface area contributed by atoms with Gasteiger partial charge in [-0.05, 0) is 79.8 Å². The summed E-state index contributed by atoms with van der Waals surface area (Å²) >= 11 is 2.25. The molecule has 2 rings (SSSR count). The number of nitrogens with zero attached hydrogens (tertiary/aromatic N) is 1. The van der Waals surface area contributed by atoms with Crippen LogP contribution < -0.4 is 0 Å². The van der Waals surface area contributed by atoms with Gasteiger partial charge in [-0.1, -0.05) is 12.1 Å². The normalized spacial score (nSPS) is 21.3. The summed E-state index contributed by atoms with van der Waals surface area (Å²) in [5.74, 6) is -0.843. The van der Waals surface area contributed by atoms with Crippen molar-refractivity contribution in [2.24, 2.45) is 5.92 Å². The van der Waals surface area contributed by atoms with E-state index in [1.165, 1.54) is 4.90 Å². The van der Waals surface area contributed by atoms with E-state index in [1.807, 2.05) is 24.3 Å². The molecule has 2 atom stereocenters. The van der Waals surface area contributed by atoms with E-state index in [4.69, 9.17) is 4.74 Å². The van der Waals surface area contributed by atoms with Gasteiger partial charge in [0.05, 0.1) is 0 Å². The zero-order valence-corrected chi connectivity index (χ0v) is 15.7. The first-order valence-electron chi connectivity index (χ1n) is 7.62. The van der Waals surface area contributed by atoms with Gasteiger partial charge in [0.1, 0.15) is 11.6 Å². The van der Waals surface area contributed by atoms with Crippen LogP contribution in [0.5, 0.6) is 0 Å². The van der Waals surface area contributed by atoms with E-state index in [0.29, 0.717) is 13.0 Å². The van der Waals surface area contributed by atoms with Gasteiger partial charge in [-0.2, -0.15) is 0 Å². The number of carboxylic acids is 1. The lowest BCUT2D eigenvalue weighted by molar-refractivity contribution is -0.142. The highest BCUT2D eigenvalue weighted by Crippen LogP contribution is 2.28. The zero-order valence-electron chi connectivity index (χ0n) is 13.6. The van der Waals surface area contributed by atoms with Crippen LogP contribution in [0.4, 0.5) is 4.79 Å². The molecule has 6 heteroatoms. The molecule has 0 saturated carbocycles. The second-order valence-corrected chi connectivity index (χ2v) is 8.16. The van der Waals surface area contributed by atoms with E-state index in [9.17, 15) is 14.7 Å². The number of carboxylic acid groups (broad SMARTS) is 1. The molecule has 1 heterocycles. The summed E-state index contributed by atoms with van der Waals surface area (Å²) in [6, 6.07) is 7.36. The summed E-state index contributed by atoms with van der Waals surface area (Å²) in [6.07, 6.45) is 0.676. The van der Waals surface area contributed by atoms with Crippen LogP contribution in [0, 0.1) is 9.49 Å². The van der Waals surface area contributed by atoms with Gasteiger partial charge in [-0.3, -0.25) is 4.90 Å². The molecule has 5 nitrogen and oxygen atoms in total. The van der Waals surface area contributed by atoms with Crippen molar-refractivity contribution in [1.82, 2.24) is 4.90 Å². The molecule has 1 saturated heterocycles. The van der Waals surface area contributed by atoms with Crippen LogP contribution in [0.2, 0.25) is 0 Å². The molecule has 0 aliphatic carbocycles. The number of amides is 1. The van der Waals surface area contributed by atoms with E-state index >= 15 is 0 Å². The third kappa shape index (κ3) is 5.09. The van der Waals surface area contributed by atoms with E-state index in [0.717, 1.165) is 15.6 Å². The minimum absolute atomic E-state index is 0.128. The Labute approximate surface area is 150 Å². The summed E-state index contributed by atoms with van der Waals surface area (Å²) in [5.41, 5.74) is 0.527. The molecule has 1 aliphatic rings. The summed E-state index contributed by atoms with van der Waals surface area (Å²) in [4.78, 5) is 25.1. The minimum Gasteiger partial charge on any atom is -0.480 e. The van der Waals surface area contributed by atoms with Gasteiger partial charge in [0.15, 0.2) is 0 Å². The fourth-order valence-corrected chi connectivity index (χ4v) is 3.14. The van der Waals surface area contributed by atoms with Crippen LogP contribution in [-0.4, -0.2) is 40.3 Å². The largest absolute Gasteiger partial charge is 0.480 e. The van der Waals surface area contributed by atoms with Crippen LogP contribution >= 0.6 is 22.6 Å². The number of hydrogen-bond acceptors (Lipinski definition) is 3. The third-order valence-electron chi connectivity index (χ3n) is 3.74. The molecule has 1 aromatic carbocycles. The molecule has 23 heavy (non-hydrogen) atoms. The van der Waals surface area contributed by atoms with E-state index in [2.05, 4.69) is 22.6 Å². The SMILES string of the molecule is CC(C)(C)OC(=O)N1C[C@H](Cc2ccc(I)cc2)C[C@@H]1C(=O)O. The average molecular weight is 431 g/mol. The smallest absolute Gasteiger partial charge is 0.411 e.